The number of aromatic nitrogens is 2. The number of rotatable bonds is 3. The SMILES string of the molecule is Cc1nc(COc2ccccc2Cl)cn1C. The number of aryl methyl sites for hydroxylation is 2. The Morgan fingerprint density at radius 1 is 1.38 bits per heavy atom. The van der Waals surface area contributed by atoms with E-state index in [1.54, 1.807) is 6.07 Å². The standard InChI is InChI=1S/C12H13ClN2O/c1-9-14-10(7-15(9)2)8-16-12-6-4-3-5-11(12)13/h3-7H,8H2,1-2H3. The van der Waals surface area contributed by atoms with Gasteiger partial charge in [-0.25, -0.2) is 4.98 Å². The lowest BCUT2D eigenvalue weighted by Crippen LogP contribution is -1.96. The van der Waals surface area contributed by atoms with Gasteiger partial charge in [-0.05, 0) is 19.1 Å². The summed E-state index contributed by atoms with van der Waals surface area (Å²) in [6, 6.07) is 7.42. The van der Waals surface area contributed by atoms with Gasteiger partial charge in [0.25, 0.3) is 0 Å². The Hall–Kier alpha value is -1.48. The van der Waals surface area contributed by atoms with E-state index in [4.69, 9.17) is 16.3 Å². The predicted molar refractivity (Wildman–Crippen MR) is 63.7 cm³/mol. The highest BCUT2D eigenvalue weighted by Crippen LogP contribution is 2.23. The molecule has 0 atom stereocenters. The van der Waals surface area contributed by atoms with Gasteiger partial charge in [-0.3, -0.25) is 0 Å². The Morgan fingerprint density at radius 2 is 2.12 bits per heavy atom. The number of hydrogen-bond acceptors (Lipinski definition) is 2. The first-order valence-electron chi connectivity index (χ1n) is 5.03. The molecule has 2 aromatic rings. The average Bonchev–Trinajstić information content (AvgIpc) is 2.57. The van der Waals surface area contributed by atoms with E-state index in [1.807, 2.05) is 42.9 Å². The molecule has 2 rings (SSSR count). The highest BCUT2D eigenvalue weighted by Gasteiger charge is 2.04. The summed E-state index contributed by atoms with van der Waals surface area (Å²) in [6.45, 7) is 2.39. The molecule has 0 fully saturated rings. The van der Waals surface area contributed by atoms with Crippen molar-refractivity contribution in [3.05, 3.63) is 47.0 Å². The molecule has 16 heavy (non-hydrogen) atoms. The summed E-state index contributed by atoms with van der Waals surface area (Å²) in [6.07, 6.45) is 1.95. The van der Waals surface area contributed by atoms with Crippen LogP contribution in [0.1, 0.15) is 11.5 Å². The maximum absolute atomic E-state index is 5.98. The van der Waals surface area contributed by atoms with E-state index in [0.29, 0.717) is 17.4 Å². The van der Waals surface area contributed by atoms with Crippen LogP contribution in [0, 0.1) is 6.92 Å². The predicted octanol–water partition coefficient (Wildman–Crippen LogP) is 2.96. The van der Waals surface area contributed by atoms with Crippen molar-refractivity contribution in [1.29, 1.82) is 0 Å². The van der Waals surface area contributed by atoms with Gasteiger partial charge in [0.05, 0.1) is 10.7 Å². The van der Waals surface area contributed by atoms with Gasteiger partial charge in [-0.2, -0.15) is 0 Å². The lowest BCUT2D eigenvalue weighted by molar-refractivity contribution is 0.302. The van der Waals surface area contributed by atoms with Gasteiger partial charge < -0.3 is 9.30 Å². The molecule has 0 N–H and O–H groups in total. The fourth-order valence-corrected chi connectivity index (χ4v) is 1.61. The zero-order chi connectivity index (χ0) is 11.5. The second kappa shape index (κ2) is 4.58. The van der Waals surface area contributed by atoms with Crippen LogP contribution < -0.4 is 4.74 Å². The second-order valence-electron chi connectivity index (χ2n) is 3.61. The second-order valence-corrected chi connectivity index (χ2v) is 4.02. The Bertz CT molecular complexity index is 474. The summed E-state index contributed by atoms with van der Waals surface area (Å²) in [5.74, 6) is 1.66. The Kier molecular flexibility index (Phi) is 3.15. The Morgan fingerprint density at radius 3 is 2.75 bits per heavy atom. The summed E-state index contributed by atoms with van der Waals surface area (Å²) in [7, 11) is 1.96. The first kappa shape index (κ1) is 11.0. The van der Waals surface area contributed by atoms with Crippen molar-refractivity contribution in [3.8, 4) is 5.75 Å². The van der Waals surface area contributed by atoms with Gasteiger partial charge in [0.1, 0.15) is 18.2 Å². The van der Waals surface area contributed by atoms with Crippen LogP contribution in [0.4, 0.5) is 0 Å². The first-order chi connectivity index (χ1) is 7.66. The molecule has 0 unspecified atom stereocenters. The molecule has 0 saturated heterocycles. The number of benzene rings is 1. The third-order valence-electron chi connectivity index (χ3n) is 2.37. The topological polar surface area (TPSA) is 27.1 Å². The van der Waals surface area contributed by atoms with E-state index in [1.165, 1.54) is 0 Å². The van der Waals surface area contributed by atoms with E-state index in [9.17, 15) is 0 Å². The van der Waals surface area contributed by atoms with Crippen LogP contribution in [0.3, 0.4) is 0 Å². The largest absolute Gasteiger partial charge is 0.486 e. The Balaban J connectivity index is 2.05. The summed E-state index contributed by atoms with van der Waals surface area (Å²) in [5, 5.41) is 0.621. The fourth-order valence-electron chi connectivity index (χ4n) is 1.42. The molecule has 1 heterocycles. The molecule has 84 valence electrons. The van der Waals surface area contributed by atoms with Gasteiger partial charge >= 0.3 is 0 Å². The highest BCUT2D eigenvalue weighted by atomic mass is 35.5. The summed E-state index contributed by atoms with van der Waals surface area (Å²) < 4.78 is 7.55. The molecule has 0 aliphatic heterocycles. The molecule has 0 amide bonds. The zero-order valence-electron chi connectivity index (χ0n) is 9.27. The molecule has 3 nitrogen and oxygen atoms in total. The summed E-state index contributed by atoms with van der Waals surface area (Å²) >= 11 is 5.98. The normalized spacial score (nSPS) is 10.4. The lowest BCUT2D eigenvalue weighted by Gasteiger charge is -2.05. The smallest absolute Gasteiger partial charge is 0.138 e. The number of para-hydroxylation sites is 1. The van der Waals surface area contributed by atoms with Crippen molar-refractivity contribution in [3.63, 3.8) is 0 Å². The van der Waals surface area contributed by atoms with Crippen molar-refractivity contribution in [2.45, 2.75) is 13.5 Å². The summed E-state index contributed by atoms with van der Waals surface area (Å²) in [4.78, 5) is 4.35. The molecule has 0 bridgehead atoms. The molecular weight excluding hydrogens is 224 g/mol. The van der Waals surface area contributed by atoms with E-state index in [2.05, 4.69) is 4.98 Å². The molecule has 4 heteroatoms. The fraction of sp³-hybridized carbons (Fsp3) is 0.250. The maximum Gasteiger partial charge on any atom is 0.138 e. The van der Waals surface area contributed by atoms with Crippen molar-refractivity contribution in [2.75, 3.05) is 0 Å². The average molecular weight is 237 g/mol. The number of nitrogens with zero attached hydrogens (tertiary/aromatic N) is 2. The summed E-state index contributed by atoms with van der Waals surface area (Å²) in [5.41, 5.74) is 0.903. The molecule has 1 aromatic carbocycles. The third kappa shape index (κ3) is 2.36. The number of hydrogen-bond donors (Lipinski definition) is 0. The quantitative estimate of drug-likeness (QED) is 0.819. The van der Waals surface area contributed by atoms with Gasteiger partial charge in [0.15, 0.2) is 0 Å². The van der Waals surface area contributed by atoms with Crippen LogP contribution in [0.2, 0.25) is 5.02 Å². The number of halogens is 1. The minimum atomic E-state index is 0.436. The van der Waals surface area contributed by atoms with Gasteiger partial charge in [-0.1, -0.05) is 23.7 Å². The van der Waals surface area contributed by atoms with Crippen molar-refractivity contribution >= 4 is 11.6 Å². The van der Waals surface area contributed by atoms with Crippen LogP contribution in [-0.2, 0) is 13.7 Å². The van der Waals surface area contributed by atoms with Crippen LogP contribution in [-0.4, -0.2) is 9.55 Å². The lowest BCUT2D eigenvalue weighted by atomic mass is 10.3. The van der Waals surface area contributed by atoms with E-state index in [-0.39, 0.29) is 0 Å². The Labute approximate surface area is 99.6 Å². The van der Waals surface area contributed by atoms with E-state index < -0.39 is 0 Å². The van der Waals surface area contributed by atoms with Gasteiger partial charge in [-0.15, -0.1) is 0 Å². The monoisotopic (exact) mass is 236 g/mol. The molecule has 0 aliphatic rings. The van der Waals surface area contributed by atoms with Crippen molar-refractivity contribution in [1.82, 2.24) is 9.55 Å². The third-order valence-corrected chi connectivity index (χ3v) is 2.68. The van der Waals surface area contributed by atoms with E-state index in [0.717, 1.165) is 11.5 Å². The highest BCUT2D eigenvalue weighted by molar-refractivity contribution is 6.32. The minimum absolute atomic E-state index is 0.436. The van der Waals surface area contributed by atoms with Crippen molar-refractivity contribution in [2.24, 2.45) is 7.05 Å². The molecule has 1 aromatic heterocycles. The number of ether oxygens (including phenoxy) is 1. The van der Waals surface area contributed by atoms with Crippen LogP contribution in [0.15, 0.2) is 30.5 Å². The minimum Gasteiger partial charge on any atom is -0.486 e. The van der Waals surface area contributed by atoms with Crippen LogP contribution in [0.25, 0.3) is 0 Å². The van der Waals surface area contributed by atoms with Gasteiger partial charge in [0, 0.05) is 13.2 Å². The van der Waals surface area contributed by atoms with Gasteiger partial charge in [0.2, 0.25) is 0 Å². The molecular formula is C12H13ClN2O. The molecule has 0 aliphatic carbocycles. The first-order valence-corrected chi connectivity index (χ1v) is 5.41. The molecule has 0 spiro atoms. The molecule has 0 radical (unpaired) electrons. The van der Waals surface area contributed by atoms with Crippen LogP contribution in [0.5, 0.6) is 5.75 Å². The maximum atomic E-state index is 5.98. The number of imidazole rings is 1. The van der Waals surface area contributed by atoms with E-state index >= 15 is 0 Å². The van der Waals surface area contributed by atoms with Crippen LogP contribution >= 0.6 is 11.6 Å². The zero-order valence-corrected chi connectivity index (χ0v) is 10.0. The van der Waals surface area contributed by atoms with Crippen molar-refractivity contribution < 1.29 is 4.74 Å². The molecule has 0 saturated carbocycles.